The van der Waals surface area contributed by atoms with Gasteiger partial charge in [0, 0.05) is 0 Å². The maximum absolute atomic E-state index is 7.17. The number of nitrogens with two attached hydrogens (primary N) is 2. The first-order chi connectivity index (χ1) is 3.15. The molecule has 0 aromatic heterocycles. The lowest BCUT2D eigenvalue weighted by atomic mass is 10.3. The molecule has 7 N–H and O–H groups in total. The highest BCUT2D eigenvalue weighted by molar-refractivity contribution is 6.30. The van der Waals surface area contributed by atoms with Crippen LogP contribution in [0.3, 0.4) is 0 Å². The molecule has 0 heterocycles. The van der Waals surface area contributed by atoms with Gasteiger partial charge in [0.15, 0.2) is 0 Å². The van der Waals surface area contributed by atoms with Gasteiger partial charge in [-0.2, -0.15) is 11.8 Å². The minimum atomic E-state index is -2.17. The molecule has 7 heavy (non-hydrogen) atoms. The molecule has 0 radical (unpaired) electrons. The summed E-state index contributed by atoms with van der Waals surface area (Å²) < 4.78 is 0. The van der Waals surface area contributed by atoms with Crippen LogP contribution in [0.2, 0.25) is 0 Å². The van der Waals surface area contributed by atoms with Crippen molar-refractivity contribution < 1.29 is 20.0 Å². The molecular weight excluding hydrogens is 103 g/mol. The minimum absolute atomic E-state index is 2.17. The lowest BCUT2D eigenvalue weighted by Crippen LogP contribution is -2.07. The summed E-state index contributed by atoms with van der Waals surface area (Å²) in [6.07, 6.45) is 0. The van der Waals surface area contributed by atoms with Gasteiger partial charge in [-0.25, -0.2) is 4.94 Å². The molecule has 0 amide bonds. The van der Waals surface area contributed by atoms with Gasteiger partial charge in [0.05, 0.1) is 0 Å². The van der Waals surface area contributed by atoms with Crippen LogP contribution in [0.25, 0.3) is 0 Å². The van der Waals surface area contributed by atoms with Gasteiger partial charge in [-0.05, 0) is 0 Å². The van der Waals surface area contributed by atoms with Crippen molar-refractivity contribution in [1.29, 1.82) is 0 Å². The third kappa shape index (κ3) is 2780. The first-order valence-corrected chi connectivity index (χ1v) is 1.25. The molecule has 0 rings (SSSR count). The van der Waals surface area contributed by atoms with Crippen molar-refractivity contribution in [2.24, 2.45) is 11.8 Å². The Labute approximate surface area is 40.4 Å². The zero-order valence-electron chi connectivity index (χ0n) is 3.48. The molecular formula is H7BN2O4. The van der Waals surface area contributed by atoms with Crippen LogP contribution >= 0.6 is 0 Å². The van der Waals surface area contributed by atoms with Crippen molar-refractivity contribution in [3.63, 3.8) is 0 Å². The molecule has 0 saturated heterocycles. The van der Waals surface area contributed by atoms with Crippen molar-refractivity contribution >= 4 is 7.32 Å². The van der Waals surface area contributed by atoms with Gasteiger partial charge in [-0.15, -0.1) is 0 Å². The summed E-state index contributed by atoms with van der Waals surface area (Å²) in [7, 11) is -2.17. The molecule has 44 valence electrons. The van der Waals surface area contributed by atoms with Crippen LogP contribution in [-0.4, -0.2) is 22.4 Å². The highest BCUT2D eigenvalue weighted by Crippen LogP contribution is 1.40. The first-order valence-electron chi connectivity index (χ1n) is 1.25. The second kappa shape index (κ2) is 9.27. The average Bonchev–Trinajstić information content (AvgIpc) is 1.33. The molecule has 0 atom stereocenters. The quantitative estimate of drug-likeness (QED) is 0.164. The molecule has 0 aromatic carbocycles. The topological polar surface area (TPSA) is 122 Å². The fourth-order valence-corrected chi connectivity index (χ4v) is 0. The Morgan fingerprint density at radius 1 is 1.14 bits per heavy atom. The maximum Gasteiger partial charge on any atom is 0.631 e. The van der Waals surface area contributed by atoms with E-state index in [1.807, 2.05) is 0 Å². The summed E-state index contributed by atoms with van der Waals surface area (Å²) in [5.74, 6) is 8.25. The van der Waals surface area contributed by atoms with Crippen LogP contribution in [-0.2, 0) is 4.94 Å². The van der Waals surface area contributed by atoms with Crippen LogP contribution in [0, 0.1) is 0 Å². The van der Waals surface area contributed by atoms with E-state index >= 15 is 0 Å². The van der Waals surface area contributed by atoms with Gasteiger partial charge in [-0.3, -0.25) is 0 Å². The van der Waals surface area contributed by atoms with E-state index in [1.165, 1.54) is 0 Å². The van der Waals surface area contributed by atoms with E-state index < -0.39 is 7.32 Å². The number of hydrogen-bond acceptors (Lipinski definition) is 6. The van der Waals surface area contributed by atoms with Crippen LogP contribution < -0.4 is 11.8 Å². The highest BCUT2D eigenvalue weighted by atomic mass is 16.7. The zero-order chi connectivity index (χ0) is 6.28. The largest absolute Gasteiger partial charge is 0.631 e. The summed E-state index contributed by atoms with van der Waals surface area (Å²) in [5, 5.41) is 21.5. The van der Waals surface area contributed by atoms with Gasteiger partial charge in [-0.1, -0.05) is 0 Å². The smallest absolute Gasteiger partial charge is 0.402 e. The van der Waals surface area contributed by atoms with E-state index in [-0.39, 0.29) is 0 Å². The second-order valence-corrected chi connectivity index (χ2v) is 0.482. The minimum Gasteiger partial charge on any atom is -0.402 e. The average molecular weight is 110 g/mol. The number of hydrogen-bond donors (Lipinski definition) is 5. The Morgan fingerprint density at radius 3 is 1.14 bits per heavy atom. The third-order valence-corrected chi connectivity index (χ3v) is 0. The molecule has 0 saturated carbocycles. The summed E-state index contributed by atoms with van der Waals surface area (Å²) in [6.45, 7) is 0. The summed E-state index contributed by atoms with van der Waals surface area (Å²) in [6, 6.07) is 0. The zero-order valence-corrected chi connectivity index (χ0v) is 3.48. The van der Waals surface area contributed by atoms with Crippen molar-refractivity contribution in [3.05, 3.63) is 0 Å². The summed E-state index contributed by atoms with van der Waals surface area (Å²) in [5.41, 5.74) is 0. The maximum atomic E-state index is 7.17. The van der Waals surface area contributed by atoms with E-state index in [2.05, 4.69) is 16.7 Å². The number of rotatable bonds is 0. The van der Waals surface area contributed by atoms with Gasteiger partial charge >= 0.3 is 7.32 Å². The van der Waals surface area contributed by atoms with Gasteiger partial charge < -0.3 is 15.1 Å². The Balaban J connectivity index is 0. The summed E-state index contributed by atoms with van der Waals surface area (Å²) in [4.78, 5) is 3.25. The lowest BCUT2D eigenvalue weighted by Gasteiger charge is -1.69. The standard InChI is InChI=1S/BH3O3.H4N2O/c2-1(3)4;1-3-2/h2-4H;1-2H2. The van der Waals surface area contributed by atoms with Crippen LogP contribution in [0.4, 0.5) is 0 Å². The van der Waals surface area contributed by atoms with Crippen molar-refractivity contribution in [3.8, 4) is 0 Å². The molecule has 6 nitrogen and oxygen atoms in total. The Hall–Kier alpha value is -0.175. The SMILES string of the molecule is NON.OB(O)O. The Kier molecular flexibility index (Phi) is 13.2. The van der Waals surface area contributed by atoms with Gasteiger partial charge in [0.25, 0.3) is 0 Å². The lowest BCUT2D eigenvalue weighted by molar-refractivity contribution is 0.142. The van der Waals surface area contributed by atoms with Crippen molar-refractivity contribution in [2.75, 3.05) is 0 Å². The molecule has 0 aliphatic rings. The van der Waals surface area contributed by atoms with Crippen molar-refractivity contribution in [1.82, 2.24) is 0 Å². The Morgan fingerprint density at radius 2 is 1.14 bits per heavy atom. The fraction of sp³-hybridized carbons (Fsp3) is 0. The first kappa shape index (κ1) is 9.95. The molecule has 0 aromatic rings. The molecule has 0 bridgehead atoms. The van der Waals surface area contributed by atoms with E-state index in [1.54, 1.807) is 0 Å². The highest BCUT2D eigenvalue weighted by Gasteiger charge is 1.92. The van der Waals surface area contributed by atoms with Crippen LogP contribution in [0.5, 0.6) is 0 Å². The van der Waals surface area contributed by atoms with Crippen LogP contribution in [0.15, 0.2) is 0 Å². The van der Waals surface area contributed by atoms with E-state index in [0.717, 1.165) is 0 Å². The van der Waals surface area contributed by atoms with Crippen molar-refractivity contribution in [2.45, 2.75) is 0 Å². The summed E-state index contributed by atoms with van der Waals surface area (Å²) >= 11 is 0. The molecule has 0 aliphatic heterocycles. The predicted octanol–water partition coefficient (Wildman–Crippen LogP) is -3.30. The predicted molar refractivity (Wildman–Crippen MR) is 21.9 cm³/mol. The second-order valence-electron chi connectivity index (χ2n) is 0.482. The molecule has 0 spiro atoms. The van der Waals surface area contributed by atoms with E-state index in [0.29, 0.717) is 0 Å². The van der Waals surface area contributed by atoms with Gasteiger partial charge in [0.2, 0.25) is 0 Å². The normalized spacial score (nSPS) is 6.43. The third-order valence-electron chi connectivity index (χ3n) is 0. The van der Waals surface area contributed by atoms with Gasteiger partial charge in [0.1, 0.15) is 0 Å². The molecule has 0 unspecified atom stereocenters. The molecule has 7 heteroatoms. The van der Waals surface area contributed by atoms with E-state index in [9.17, 15) is 0 Å². The molecule has 0 aliphatic carbocycles. The molecule has 0 fully saturated rings. The Bertz CT molecular complexity index is 20.9. The van der Waals surface area contributed by atoms with Crippen LogP contribution in [0.1, 0.15) is 0 Å². The van der Waals surface area contributed by atoms with E-state index in [4.69, 9.17) is 15.1 Å². The monoisotopic (exact) mass is 110 g/mol. The fourth-order valence-electron chi connectivity index (χ4n) is 0.